The van der Waals surface area contributed by atoms with Crippen molar-refractivity contribution in [2.24, 2.45) is 0 Å². The van der Waals surface area contributed by atoms with E-state index in [1.165, 1.54) is 13.8 Å². The highest BCUT2D eigenvalue weighted by Crippen LogP contribution is 2.25. The van der Waals surface area contributed by atoms with Gasteiger partial charge in [0.1, 0.15) is 6.54 Å². The molecule has 1 spiro atoms. The molecule has 0 aromatic carbocycles. The molecule has 2 fully saturated rings. The number of rotatable bonds is 2. The molecular weight excluding hydrogens is 232 g/mol. The Morgan fingerprint density at radius 3 is 2.50 bits per heavy atom. The average Bonchev–Trinajstić information content (AvgIpc) is 2.65. The van der Waals surface area contributed by atoms with Crippen LogP contribution in [0, 0.1) is 0 Å². The van der Waals surface area contributed by atoms with Crippen LogP contribution in [0.5, 0.6) is 0 Å². The normalized spacial score (nSPS) is 28.6. The predicted octanol–water partition coefficient (Wildman–Crippen LogP) is -0.165. The first-order valence-electron chi connectivity index (χ1n) is 6.78. The molecule has 104 valence electrons. The van der Waals surface area contributed by atoms with Crippen LogP contribution in [0.25, 0.3) is 0 Å². The fraction of sp³-hybridized carbons (Fsp3) is 0.923. The lowest BCUT2D eigenvalue weighted by atomic mass is 10.1. The summed E-state index contributed by atoms with van der Waals surface area (Å²) in [4.78, 5) is 14.0. The van der Waals surface area contributed by atoms with Gasteiger partial charge in [0.15, 0.2) is 11.7 Å². The third-order valence-corrected chi connectivity index (χ3v) is 4.20. The number of quaternary nitrogens is 1. The highest BCUT2D eigenvalue weighted by atomic mass is 16.6. The highest BCUT2D eigenvalue weighted by Gasteiger charge is 2.42. The molecule has 2 rings (SSSR count). The smallest absolute Gasteiger partial charge is 0.338 e. The number of piperazine rings is 1. The number of nitrogens with zero attached hydrogens (tertiary/aromatic N) is 2. The van der Waals surface area contributed by atoms with Crippen molar-refractivity contribution in [1.82, 2.24) is 4.90 Å². The predicted molar refractivity (Wildman–Crippen MR) is 68.0 cm³/mol. The summed E-state index contributed by atoms with van der Waals surface area (Å²) in [5, 5.41) is 9.60. The minimum Gasteiger partial charge on any atom is -0.454 e. The molecule has 0 aliphatic carbocycles. The summed E-state index contributed by atoms with van der Waals surface area (Å²) in [7, 11) is 2.15. The SMILES string of the molecule is CN1CC[N+]2(CCC(OC(=O)C(C)(C)O)C2)CC1. The Balaban J connectivity index is 1.87. The summed E-state index contributed by atoms with van der Waals surface area (Å²) in [5.74, 6) is -0.498. The van der Waals surface area contributed by atoms with Crippen LogP contribution in [0.1, 0.15) is 20.3 Å². The van der Waals surface area contributed by atoms with Crippen molar-refractivity contribution in [3.05, 3.63) is 0 Å². The van der Waals surface area contributed by atoms with Gasteiger partial charge in [0.2, 0.25) is 0 Å². The summed E-state index contributed by atoms with van der Waals surface area (Å²) >= 11 is 0. The van der Waals surface area contributed by atoms with E-state index < -0.39 is 11.6 Å². The highest BCUT2D eigenvalue weighted by molar-refractivity contribution is 5.78. The number of aliphatic hydroxyl groups is 1. The Hall–Kier alpha value is -0.650. The van der Waals surface area contributed by atoms with Crippen LogP contribution in [-0.4, -0.2) is 78.5 Å². The van der Waals surface area contributed by atoms with Crippen LogP contribution in [0.2, 0.25) is 0 Å². The van der Waals surface area contributed by atoms with Gasteiger partial charge in [-0.25, -0.2) is 4.79 Å². The van der Waals surface area contributed by atoms with Crippen molar-refractivity contribution < 1.29 is 19.1 Å². The van der Waals surface area contributed by atoms with Gasteiger partial charge >= 0.3 is 5.97 Å². The lowest BCUT2D eigenvalue weighted by Gasteiger charge is -2.40. The van der Waals surface area contributed by atoms with Crippen molar-refractivity contribution in [1.29, 1.82) is 0 Å². The van der Waals surface area contributed by atoms with Crippen LogP contribution in [-0.2, 0) is 9.53 Å². The lowest BCUT2D eigenvalue weighted by molar-refractivity contribution is -0.921. The summed E-state index contributed by atoms with van der Waals surface area (Å²) in [5.41, 5.74) is -1.38. The molecular formula is C13H25N2O3+. The molecule has 1 atom stereocenters. The van der Waals surface area contributed by atoms with E-state index in [0.717, 1.165) is 50.2 Å². The zero-order valence-electron chi connectivity index (χ0n) is 11.7. The Labute approximate surface area is 109 Å². The van der Waals surface area contributed by atoms with Crippen molar-refractivity contribution in [2.75, 3.05) is 46.3 Å². The average molecular weight is 257 g/mol. The maximum atomic E-state index is 11.7. The third kappa shape index (κ3) is 3.02. The van der Waals surface area contributed by atoms with Crippen LogP contribution in [0.15, 0.2) is 0 Å². The van der Waals surface area contributed by atoms with Gasteiger partial charge in [-0.15, -0.1) is 0 Å². The number of likely N-dealkylation sites (N-methyl/N-ethyl adjacent to an activating group) is 1. The van der Waals surface area contributed by atoms with Crippen LogP contribution < -0.4 is 0 Å². The van der Waals surface area contributed by atoms with Crippen molar-refractivity contribution in [2.45, 2.75) is 32.0 Å². The molecule has 5 heteroatoms. The molecule has 2 aliphatic heterocycles. The van der Waals surface area contributed by atoms with Gasteiger partial charge < -0.3 is 14.3 Å². The van der Waals surface area contributed by atoms with E-state index in [1.54, 1.807) is 0 Å². The van der Waals surface area contributed by atoms with Crippen molar-refractivity contribution in [3.8, 4) is 0 Å². The third-order valence-electron chi connectivity index (χ3n) is 4.20. The molecule has 0 saturated carbocycles. The number of ether oxygens (including phenoxy) is 1. The standard InChI is InChI=1S/C13H25N2O3/c1-13(2,17)12(16)18-11-4-7-15(10-11)8-5-14(3)6-9-15/h11,17H,4-10H2,1-3H3/q+1. The molecule has 5 nitrogen and oxygen atoms in total. The van der Waals surface area contributed by atoms with Crippen LogP contribution in [0.4, 0.5) is 0 Å². The number of carbonyl (C=O) groups is 1. The zero-order chi connectivity index (χ0) is 13.4. The number of hydrogen-bond acceptors (Lipinski definition) is 4. The molecule has 2 aliphatic rings. The molecule has 0 radical (unpaired) electrons. The fourth-order valence-electron chi connectivity index (χ4n) is 2.82. The monoisotopic (exact) mass is 257 g/mol. The summed E-state index contributed by atoms with van der Waals surface area (Å²) in [6, 6.07) is 0. The first kappa shape index (κ1) is 13.8. The van der Waals surface area contributed by atoms with Gasteiger partial charge in [0.05, 0.1) is 19.6 Å². The Bertz CT molecular complexity index is 317. The molecule has 1 unspecified atom stereocenters. The van der Waals surface area contributed by atoms with E-state index in [1.807, 2.05) is 0 Å². The summed E-state index contributed by atoms with van der Waals surface area (Å²) in [6.07, 6.45) is 0.901. The van der Waals surface area contributed by atoms with Gasteiger partial charge in [-0.3, -0.25) is 4.90 Å². The van der Waals surface area contributed by atoms with E-state index in [9.17, 15) is 9.90 Å². The second-order valence-electron chi connectivity index (χ2n) is 6.37. The Kier molecular flexibility index (Phi) is 3.67. The lowest BCUT2D eigenvalue weighted by Crippen LogP contribution is -2.57. The second kappa shape index (κ2) is 4.79. The molecule has 18 heavy (non-hydrogen) atoms. The maximum Gasteiger partial charge on any atom is 0.338 e. The van der Waals surface area contributed by atoms with E-state index in [0.29, 0.717) is 0 Å². The van der Waals surface area contributed by atoms with Gasteiger partial charge in [-0.1, -0.05) is 0 Å². The second-order valence-corrected chi connectivity index (χ2v) is 6.37. The molecule has 0 bridgehead atoms. The van der Waals surface area contributed by atoms with Crippen LogP contribution in [0.3, 0.4) is 0 Å². The van der Waals surface area contributed by atoms with Gasteiger partial charge in [0, 0.05) is 19.5 Å². The molecule has 0 aromatic heterocycles. The van der Waals surface area contributed by atoms with E-state index in [4.69, 9.17) is 4.74 Å². The zero-order valence-corrected chi connectivity index (χ0v) is 11.7. The van der Waals surface area contributed by atoms with Gasteiger partial charge in [-0.2, -0.15) is 0 Å². The van der Waals surface area contributed by atoms with Crippen molar-refractivity contribution >= 4 is 5.97 Å². The van der Waals surface area contributed by atoms with Gasteiger partial charge in [-0.05, 0) is 20.9 Å². The molecule has 1 N–H and O–H groups in total. The first-order valence-corrected chi connectivity index (χ1v) is 6.78. The Morgan fingerprint density at radius 2 is 1.94 bits per heavy atom. The summed E-state index contributed by atoms with van der Waals surface area (Å²) in [6.45, 7) is 9.49. The van der Waals surface area contributed by atoms with Gasteiger partial charge in [0.25, 0.3) is 0 Å². The molecule has 2 heterocycles. The van der Waals surface area contributed by atoms with E-state index >= 15 is 0 Å². The first-order chi connectivity index (χ1) is 8.31. The minimum atomic E-state index is -1.38. The minimum absolute atomic E-state index is 0.0210. The number of esters is 1. The largest absolute Gasteiger partial charge is 0.454 e. The maximum absolute atomic E-state index is 11.7. The molecule has 0 amide bonds. The van der Waals surface area contributed by atoms with E-state index in [-0.39, 0.29) is 6.10 Å². The number of carbonyl (C=O) groups excluding carboxylic acids is 1. The fourth-order valence-corrected chi connectivity index (χ4v) is 2.82. The molecule has 2 saturated heterocycles. The molecule has 0 aromatic rings. The number of hydrogen-bond donors (Lipinski definition) is 1. The Morgan fingerprint density at radius 1 is 1.33 bits per heavy atom. The van der Waals surface area contributed by atoms with Crippen molar-refractivity contribution in [3.63, 3.8) is 0 Å². The van der Waals surface area contributed by atoms with Crippen LogP contribution >= 0.6 is 0 Å². The topological polar surface area (TPSA) is 49.8 Å². The van der Waals surface area contributed by atoms with E-state index in [2.05, 4.69) is 11.9 Å². The summed E-state index contributed by atoms with van der Waals surface area (Å²) < 4.78 is 6.49. The quantitative estimate of drug-likeness (QED) is 0.551.